The molecule has 2 aliphatic rings. The number of H-pyrrole nitrogens is 1. The van der Waals surface area contributed by atoms with Crippen LogP contribution in [0.3, 0.4) is 0 Å². The Kier molecular flexibility index (Phi) is 3.89. The maximum Gasteiger partial charge on any atom is 0.120 e. The van der Waals surface area contributed by atoms with E-state index in [2.05, 4.69) is 28.5 Å². The molecule has 2 aromatic rings. The largest absolute Gasteiger partial charge is 0.396 e. The maximum atomic E-state index is 9.62. The molecule has 0 bridgehead atoms. The van der Waals surface area contributed by atoms with Gasteiger partial charge in [0, 0.05) is 43.1 Å². The van der Waals surface area contributed by atoms with Crippen molar-refractivity contribution in [1.82, 2.24) is 10.3 Å². The van der Waals surface area contributed by atoms with Gasteiger partial charge in [0.1, 0.15) is 6.10 Å². The summed E-state index contributed by atoms with van der Waals surface area (Å²) in [4.78, 5) is 3.47. The first kappa shape index (κ1) is 15.1. The van der Waals surface area contributed by atoms with Crippen molar-refractivity contribution in [3.63, 3.8) is 0 Å². The fourth-order valence-corrected chi connectivity index (χ4v) is 4.43. The molecule has 5 nitrogen and oxygen atoms in total. The number of aromatic nitrogens is 1. The van der Waals surface area contributed by atoms with Gasteiger partial charge in [0.05, 0.1) is 12.3 Å². The first-order valence-corrected chi connectivity index (χ1v) is 8.38. The fourth-order valence-electron chi connectivity index (χ4n) is 4.43. The lowest BCUT2D eigenvalue weighted by atomic mass is 9.73. The number of hydrogen-bond acceptors (Lipinski definition) is 4. The minimum atomic E-state index is -0.310. The molecule has 23 heavy (non-hydrogen) atoms. The summed E-state index contributed by atoms with van der Waals surface area (Å²) >= 11 is 0. The smallest absolute Gasteiger partial charge is 0.120 e. The molecule has 1 aliphatic carbocycles. The molecule has 2 unspecified atom stereocenters. The number of aliphatic hydroxyl groups is 2. The number of aromatic amines is 1. The monoisotopic (exact) mass is 316 g/mol. The highest BCUT2D eigenvalue weighted by Gasteiger charge is 2.37. The van der Waals surface area contributed by atoms with Crippen LogP contribution < -0.4 is 5.32 Å². The number of methoxy groups -OCH3 is 1. The summed E-state index contributed by atoms with van der Waals surface area (Å²) in [6.45, 7) is 1.09. The van der Waals surface area contributed by atoms with Crippen LogP contribution in [-0.4, -0.2) is 48.1 Å². The minimum Gasteiger partial charge on any atom is -0.396 e. The van der Waals surface area contributed by atoms with E-state index in [-0.39, 0.29) is 19.3 Å². The molecule has 2 heterocycles. The second kappa shape index (κ2) is 5.91. The van der Waals surface area contributed by atoms with E-state index in [1.807, 2.05) is 0 Å². The number of ether oxygens (including phenoxy) is 1. The first-order valence-electron chi connectivity index (χ1n) is 8.38. The van der Waals surface area contributed by atoms with Crippen LogP contribution in [0.1, 0.15) is 35.3 Å². The Hall–Kier alpha value is -1.40. The number of aliphatic hydroxyl groups excluding tert-OH is 2. The van der Waals surface area contributed by atoms with Gasteiger partial charge in [-0.2, -0.15) is 0 Å². The predicted octanol–water partition coefficient (Wildman–Crippen LogP) is 1.46. The second-order valence-corrected chi connectivity index (χ2v) is 6.80. The van der Waals surface area contributed by atoms with E-state index in [1.54, 1.807) is 7.11 Å². The zero-order valence-corrected chi connectivity index (χ0v) is 13.4. The molecule has 1 fully saturated rings. The molecule has 4 N–H and O–H groups in total. The number of hydrogen-bond donors (Lipinski definition) is 4. The van der Waals surface area contributed by atoms with E-state index in [4.69, 9.17) is 4.74 Å². The van der Waals surface area contributed by atoms with Crippen molar-refractivity contribution in [3.05, 3.63) is 35.0 Å². The quantitative estimate of drug-likeness (QED) is 0.689. The lowest BCUT2D eigenvalue weighted by molar-refractivity contribution is 0.0451. The molecule has 124 valence electrons. The van der Waals surface area contributed by atoms with E-state index in [0.29, 0.717) is 17.9 Å². The van der Waals surface area contributed by atoms with Gasteiger partial charge in [0.25, 0.3) is 0 Å². The lowest BCUT2D eigenvalue weighted by Gasteiger charge is -2.40. The number of rotatable bonds is 4. The third-order valence-corrected chi connectivity index (χ3v) is 5.59. The minimum absolute atomic E-state index is 0.0280. The molecule has 0 saturated carbocycles. The van der Waals surface area contributed by atoms with Gasteiger partial charge >= 0.3 is 0 Å². The highest BCUT2D eigenvalue weighted by atomic mass is 16.5. The van der Waals surface area contributed by atoms with E-state index < -0.39 is 0 Å². The molecule has 0 radical (unpaired) electrons. The zero-order valence-electron chi connectivity index (χ0n) is 13.4. The Morgan fingerprint density at radius 1 is 1.35 bits per heavy atom. The molecule has 4 rings (SSSR count). The Labute approximate surface area is 135 Å². The molecular formula is C18H24N2O3. The van der Waals surface area contributed by atoms with Crippen molar-refractivity contribution in [1.29, 1.82) is 0 Å². The topological polar surface area (TPSA) is 77.5 Å². The van der Waals surface area contributed by atoms with Crippen LogP contribution in [0.25, 0.3) is 10.9 Å². The summed E-state index contributed by atoms with van der Waals surface area (Å²) < 4.78 is 5.46. The van der Waals surface area contributed by atoms with Gasteiger partial charge in [-0.15, -0.1) is 0 Å². The Balaban J connectivity index is 1.85. The van der Waals surface area contributed by atoms with Crippen molar-refractivity contribution >= 4 is 10.9 Å². The molecule has 1 saturated heterocycles. The number of benzene rings is 1. The van der Waals surface area contributed by atoms with Crippen LogP contribution in [0.2, 0.25) is 0 Å². The summed E-state index contributed by atoms with van der Waals surface area (Å²) in [7, 11) is 1.64. The van der Waals surface area contributed by atoms with E-state index in [9.17, 15) is 10.2 Å². The van der Waals surface area contributed by atoms with Gasteiger partial charge < -0.3 is 25.3 Å². The van der Waals surface area contributed by atoms with Gasteiger partial charge in [0.2, 0.25) is 0 Å². The summed E-state index contributed by atoms with van der Waals surface area (Å²) in [6.07, 6.45) is 1.66. The predicted molar refractivity (Wildman–Crippen MR) is 88.6 cm³/mol. The number of fused-ring (bicyclic) bond motifs is 2. The average molecular weight is 316 g/mol. The Bertz CT molecular complexity index is 708. The third-order valence-electron chi connectivity index (χ3n) is 5.59. The van der Waals surface area contributed by atoms with Gasteiger partial charge in [-0.25, -0.2) is 0 Å². The van der Waals surface area contributed by atoms with Crippen LogP contribution in [0.5, 0.6) is 0 Å². The van der Waals surface area contributed by atoms with E-state index in [0.717, 1.165) is 30.6 Å². The summed E-state index contributed by atoms with van der Waals surface area (Å²) in [6, 6.07) is 6.79. The molecule has 5 heteroatoms. The van der Waals surface area contributed by atoms with Crippen LogP contribution >= 0.6 is 0 Å². The van der Waals surface area contributed by atoms with Crippen LogP contribution in [-0.2, 0) is 11.2 Å². The SMILES string of the molecule is COC(CO)c1[nH]c2cccc3c2c1C[C@H]1NC[C@H](CO)CC31. The molecule has 1 aromatic heterocycles. The molecule has 4 atom stereocenters. The number of nitrogens with one attached hydrogen (secondary N) is 2. The van der Waals surface area contributed by atoms with Crippen molar-refractivity contribution in [2.45, 2.75) is 30.9 Å². The molecule has 1 aliphatic heterocycles. The van der Waals surface area contributed by atoms with Gasteiger partial charge in [-0.3, -0.25) is 0 Å². The molecule has 0 spiro atoms. The maximum absolute atomic E-state index is 9.62. The van der Waals surface area contributed by atoms with Crippen molar-refractivity contribution < 1.29 is 14.9 Å². The summed E-state index contributed by atoms with van der Waals surface area (Å²) in [5.74, 6) is 0.770. The van der Waals surface area contributed by atoms with Gasteiger partial charge in [0.15, 0.2) is 0 Å². The summed E-state index contributed by atoms with van der Waals surface area (Å²) in [5.41, 5.74) is 4.75. The third kappa shape index (κ3) is 2.31. The molecular weight excluding hydrogens is 292 g/mol. The summed E-state index contributed by atoms with van der Waals surface area (Å²) in [5, 5.41) is 24.1. The highest BCUT2D eigenvalue weighted by molar-refractivity contribution is 5.90. The number of piperidine rings is 1. The van der Waals surface area contributed by atoms with Gasteiger partial charge in [-0.1, -0.05) is 12.1 Å². The Morgan fingerprint density at radius 2 is 2.22 bits per heavy atom. The van der Waals surface area contributed by atoms with E-state index >= 15 is 0 Å². The van der Waals surface area contributed by atoms with E-state index in [1.165, 1.54) is 16.5 Å². The fraction of sp³-hybridized carbons (Fsp3) is 0.556. The normalized spacial score (nSPS) is 27.9. The molecule has 0 amide bonds. The second-order valence-electron chi connectivity index (χ2n) is 6.80. The van der Waals surface area contributed by atoms with Crippen molar-refractivity contribution in [2.75, 3.05) is 26.9 Å². The van der Waals surface area contributed by atoms with Crippen molar-refractivity contribution in [2.24, 2.45) is 5.92 Å². The lowest BCUT2D eigenvalue weighted by Crippen LogP contribution is -2.47. The van der Waals surface area contributed by atoms with Crippen molar-refractivity contribution in [3.8, 4) is 0 Å². The highest BCUT2D eigenvalue weighted by Crippen LogP contribution is 2.44. The molecule has 1 aromatic carbocycles. The average Bonchev–Trinajstić information content (AvgIpc) is 2.96. The van der Waals surface area contributed by atoms with Crippen LogP contribution in [0.15, 0.2) is 18.2 Å². The van der Waals surface area contributed by atoms with Crippen LogP contribution in [0.4, 0.5) is 0 Å². The Morgan fingerprint density at radius 3 is 2.96 bits per heavy atom. The standard InChI is InChI=1S/C18H24N2O3/c1-23-16(9-22)18-13-6-15-12(5-10(8-21)7-19-15)11-3-2-4-14(20-18)17(11)13/h2-4,10,12,15-16,19-22H,5-9H2,1H3/t10-,12?,15-,16?/m1/s1. The van der Waals surface area contributed by atoms with Crippen LogP contribution in [0, 0.1) is 5.92 Å². The zero-order chi connectivity index (χ0) is 16.0. The first-order chi connectivity index (χ1) is 11.3. The van der Waals surface area contributed by atoms with Gasteiger partial charge in [-0.05, 0) is 36.0 Å².